The van der Waals surface area contributed by atoms with Crippen LogP contribution in [0.25, 0.3) is 22.3 Å². The van der Waals surface area contributed by atoms with Gasteiger partial charge >= 0.3 is 0 Å². The van der Waals surface area contributed by atoms with E-state index in [0.29, 0.717) is 5.56 Å². The van der Waals surface area contributed by atoms with E-state index in [4.69, 9.17) is 4.98 Å². The predicted octanol–water partition coefficient (Wildman–Crippen LogP) is 3.61. The second kappa shape index (κ2) is 9.57. The zero-order valence-corrected chi connectivity index (χ0v) is 18.5. The highest BCUT2D eigenvalue weighted by Crippen LogP contribution is 2.28. The molecule has 3 heterocycles. The first-order valence-electron chi connectivity index (χ1n) is 9.44. The molecule has 0 saturated carbocycles. The monoisotopic (exact) mass is 435 g/mol. The topological polar surface area (TPSA) is 63.1 Å². The molecule has 0 unspecified atom stereocenters. The maximum Gasteiger partial charge on any atom is 0.254 e. The van der Waals surface area contributed by atoms with Gasteiger partial charge in [-0.1, -0.05) is 30.3 Å². The molecule has 1 aromatic carbocycles. The van der Waals surface area contributed by atoms with Gasteiger partial charge in [-0.25, -0.2) is 4.98 Å². The van der Waals surface area contributed by atoms with Crippen molar-refractivity contribution < 1.29 is 4.79 Å². The number of aromatic nitrogens is 3. The first-order valence-corrected chi connectivity index (χ1v) is 9.44. The van der Waals surface area contributed by atoms with Crippen LogP contribution in [-0.4, -0.2) is 51.8 Å². The Bertz CT molecular complexity index is 984. The van der Waals surface area contributed by atoms with Gasteiger partial charge in [0, 0.05) is 25.7 Å². The Morgan fingerprint density at radius 2 is 1.83 bits per heavy atom. The molecule has 0 radical (unpaired) electrons. The maximum atomic E-state index is 13.4. The number of hydrogen-bond donors (Lipinski definition) is 1. The molecular formula is C21H27Cl2N5O. The highest BCUT2D eigenvalue weighted by molar-refractivity contribution is 6.07. The summed E-state index contributed by atoms with van der Waals surface area (Å²) in [5.41, 5.74) is 4.06. The molecule has 2 aromatic heterocycles. The number of rotatable bonds is 3. The van der Waals surface area contributed by atoms with Gasteiger partial charge in [0.2, 0.25) is 0 Å². The lowest BCUT2D eigenvalue weighted by Gasteiger charge is -2.32. The van der Waals surface area contributed by atoms with Crippen LogP contribution in [0.2, 0.25) is 0 Å². The Morgan fingerprint density at radius 3 is 2.48 bits per heavy atom. The average Bonchev–Trinajstić information content (AvgIpc) is 3.01. The molecule has 1 aliphatic heterocycles. The first-order chi connectivity index (χ1) is 13.1. The van der Waals surface area contributed by atoms with Crippen molar-refractivity contribution >= 4 is 41.8 Å². The number of fused-ring (bicyclic) bond motifs is 1. The number of carbonyl (C=O) groups is 1. The molecule has 1 N–H and O–H groups in total. The molecule has 0 spiro atoms. The lowest BCUT2D eigenvalue weighted by Crippen LogP contribution is -2.44. The zero-order chi connectivity index (χ0) is 19.0. The lowest BCUT2D eigenvalue weighted by atomic mass is 10.0. The molecule has 6 nitrogen and oxygen atoms in total. The predicted molar refractivity (Wildman–Crippen MR) is 121 cm³/mol. The van der Waals surface area contributed by atoms with Crippen LogP contribution in [0.1, 0.15) is 28.9 Å². The first kappa shape index (κ1) is 23.1. The Labute approximate surface area is 183 Å². The number of benzene rings is 1. The molecule has 4 rings (SSSR count). The van der Waals surface area contributed by atoms with Crippen molar-refractivity contribution in [3.05, 3.63) is 47.7 Å². The second-order valence-corrected chi connectivity index (χ2v) is 7.23. The summed E-state index contributed by atoms with van der Waals surface area (Å²) in [6, 6.07) is 12.2. The summed E-state index contributed by atoms with van der Waals surface area (Å²) in [6.45, 7) is 3.85. The molecule has 3 aromatic rings. The van der Waals surface area contributed by atoms with Crippen LogP contribution in [-0.2, 0) is 7.05 Å². The van der Waals surface area contributed by atoms with E-state index in [0.717, 1.165) is 53.9 Å². The second-order valence-electron chi connectivity index (χ2n) is 7.23. The highest BCUT2D eigenvalue weighted by atomic mass is 35.5. The van der Waals surface area contributed by atoms with Crippen molar-refractivity contribution in [1.29, 1.82) is 0 Å². The molecule has 29 heavy (non-hydrogen) atoms. The van der Waals surface area contributed by atoms with E-state index < -0.39 is 0 Å². The zero-order valence-electron chi connectivity index (χ0n) is 16.9. The van der Waals surface area contributed by atoms with Gasteiger partial charge in [0.25, 0.3) is 5.91 Å². The third kappa shape index (κ3) is 4.39. The summed E-state index contributed by atoms with van der Waals surface area (Å²) in [5.74, 6) is 0.0441. The Morgan fingerprint density at radius 1 is 1.17 bits per heavy atom. The van der Waals surface area contributed by atoms with E-state index >= 15 is 0 Å². The van der Waals surface area contributed by atoms with E-state index in [9.17, 15) is 4.79 Å². The molecule has 8 heteroatoms. The van der Waals surface area contributed by atoms with Gasteiger partial charge in [-0.2, -0.15) is 5.10 Å². The number of nitrogens with zero attached hydrogens (tertiary/aromatic N) is 4. The number of halogens is 2. The average molecular weight is 436 g/mol. The van der Waals surface area contributed by atoms with Gasteiger partial charge in [-0.3, -0.25) is 9.48 Å². The minimum atomic E-state index is 0. The molecule has 1 fully saturated rings. The Kier molecular flexibility index (Phi) is 7.63. The summed E-state index contributed by atoms with van der Waals surface area (Å²) in [4.78, 5) is 20.1. The molecule has 0 atom stereocenters. The molecule has 1 saturated heterocycles. The van der Waals surface area contributed by atoms with Crippen molar-refractivity contribution in [2.75, 3.05) is 20.1 Å². The standard InChI is InChI=1S/C21H25N5O.2ClH/c1-14-19-17(21(27)25(2)16-9-11-22-12-10-16)13-18(15-7-5-4-6-8-15)23-20(19)26(3)24-14;;/h4-8,13,16,22H,9-12H2,1-3H3;2*1H. The minimum absolute atomic E-state index is 0. The van der Waals surface area contributed by atoms with Gasteiger partial charge in [-0.15, -0.1) is 24.8 Å². The van der Waals surface area contributed by atoms with Crippen LogP contribution < -0.4 is 5.32 Å². The smallest absolute Gasteiger partial charge is 0.254 e. The normalized spacial score (nSPS) is 14.2. The number of aryl methyl sites for hydroxylation is 2. The largest absolute Gasteiger partial charge is 0.339 e. The summed E-state index contributed by atoms with van der Waals surface area (Å²) in [5, 5.41) is 8.72. The highest BCUT2D eigenvalue weighted by Gasteiger charge is 2.26. The number of pyridine rings is 1. The van der Waals surface area contributed by atoms with E-state index in [1.54, 1.807) is 4.68 Å². The van der Waals surface area contributed by atoms with Crippen molar-refractivity contribution in [3.8, 4) is 11.3 Å². The van der Waals surface area contributed by atoms with E-state index in [1.807, 2.05) is 62.3 Å². The molecule has 156 valence electrons. The molecule has 1 aliphatic rings. The van der Waals surface area contributed by atoms with Crippen molar-refractivity contribution in [2.45, 2.75) is 25.8 Å². The number of nitrogens with one attached hydrogen (secondary N) is 1. The van der Waals surface area contributed by atoms with Crippen LogP contribution in [0.5, 0.6) is 0 Å². The van der Waals surface area contributed by atoms with E-state index in [1.165, 1.54) is 0 Å². The van der Waals surface area contributed by atoms with Crippen LogP contribution >= 0.6 is 24.8 Å². The fourth-order valence-electron chi connectivity index (χ4n) is 3.92. The van der Waals surface area contributed by atoms with Crippen molar-refractivity contribution in [3.63, 3.8) is 0 Å². The van der Waals surface area contributed by atoms with Crippen LogP contribution in [0.4, 0.5) is 0 Å². The molecular weight excluding hydrogens is 409 g/mol. The number of amides is 1. The number of piperidine rings is 1. The molecule has 0 aliphatic carbocycles. The molecule has 0 bridgehead atoms. The van der Waals surface area contributed by atoms with E-state index in [2.05, 4.69) is 10.4 Å². The molecule has 1 amide bonds. The quantitative estimate of drug-likeness (QED) is 0.682. The van der Waals surface area contributed by atoms with Crippen molar-refractivity contribution in [2.24, 2.45) is 7.05 Å². The fourth-order valence-corrected chi connectivity index (χ4v) is 3.92. The van der Waals surface area contributed by atoms with E-state index in [-0.39, 0.29) is 36.8 Å². The maximum absolute atomic E-state index is 13.4. The number of carbonyl (C=O) groups excluding carboxylic acids is 1. The van der Waals surface area contributed by atoms with Gasteiger partial charge in [-0.05, 0) is 38.9 Å². The summed E-state index contributed by atoms with van der Waals surface area (Å²) in [6.07, 6.45) is 1.96. The van der Waals surface area contributed by atoms with Crippen LogP contribution in [0, 0.1) is 6.92 Å². The Hall–Kier alpha value is -2.15. The Balaban J connectivity index is 0.00000150. The summed E-state index contributed by atoms with van der Waals surface area (Å²) >= 11 is 0. The van der Waals surface area contributed by atoms with Crippen molar-refractivity contribution in [1.82, 2.24) is 25.0 Å². The van der Waals surface area contributed by atoms with Gasteiger partial charge in [0.05, 0.1) is 22.3 Å². The van der Waals surface area contributed by atoms with Crippen LogP contribution in [0.3, 0.4) is 0 Å². The third-order valence-corrected chi connectivity index (χ3v) is 5.45. The third-order valence-electron chi connectivity index (χ3n) is 5.45. The van der Waals surface area contributed by atoms with Gasteiger partial charge in [0.15, 0.2) is 5.65 Å². The summed E-state index contributed by atoms with van der Waals surface area (Å²) < 4.78 is 1.76. The SMILES string of the molecule is Cc1nn(C)c2nc(-c3ccccc3)cc(C(=O)N(C)C3CCNCC3)c12.Cl.Cl. The minimum Gasteiger partial charge on any atom is -0.339 e. The fraction of sp³-hybridized carbons (Fsp3) is 0.381. The van der Waals surface area contributed by atoms with Crippen LogP contribution in [0.15, 0.2) is 36.4 Å². The van der Waals surface area contributed by atoms with Gasteiger partial charge in [0.1, 0.15) is 0 Å². The summed E-state index contributed by atoms with van der Waals surface area (Å²) in [7, 11) is 3.79. The van der Waals surface area contributed by atoms with Gasteiger partial charge < -0.3 is 10.2 Å². The lowest BCUT2D eigenvalue weighted by molar-refractivity contribution is 0.0705. The number of hydrogen-bond acceptors (Lipinski definition) is 4.